The van der Waals surface area contributed by atoms with Gasteiger partial charge in [-0.3, -0.25) is 0 Å². The molecule has 0 amide bonds. The van der Waals surface area contributed by atoms with Gasteiger partial charge >= 0.3 is 0 Å². The summed E-state index contributed by atoms with van der Waals surface area (Å²) in [6.07, 6.45) is -1.18. The predicted molar refractivity (Wildman–Crippen MR) is 69.3 cm³/mol. The van der Waals surface area contributed by atoms with E-state index in [1.807, 2.05) is 13.0 Å². The van der Waals surface area contributed by atoms with Gasteiger partial charge in [0.1, 0.15) is 6.10 Å². The maximum Gasteiger partial charge on any atom is 0.164 e. The highest BCUT2D eigenvalue weighted by atomic mass is 79.9. The van der Waals surface area contributed by atoms with Crippen LogP contribution >= 0.6 is 15.9 Å². The van der Waals surface area contributed by atoms with Crippen LogP contribution in [0.4, 0.5) is 8.78 Å². The number of aliphatic hydroxyl groups is 1. The number of hydrogen-bond acceptors (Lipinski definition) is 1. The van der Waals surface area contributed by atoms with Crippen LogP contribution < -0.4 is 0 Å². The molecule has 94 valence electrons. The summed E-state index contributed by atoms with van der Waals surface area (Å²) in [6.45, 7) is 1.81. The molecule has 0 spiro atoms. The second-order valence-electron chi connectivity index (χ2n) is 4.05. The first-order chi connectivity index (χ1) is 8.50. The van der Waals surface area contributed by atoms with Gasteiger partial charge in [-0.25, -0.2) is 8.78 Å². The fourth-order valence-corrected chi connectivity index (χ4v) is 2.18. The molecular weight excluding hydrogens is 302 g/mol. The third-order valence-electron chi connectivity index (χ3n) is 2.81. The van der Waals surface area contributed by atoms with E-state index in [9.17, 15) is 13.9 Å². The maximum atomic E-state index is 13.6. The molecule has 0 bridgehead atoms. The quantitative estimate of drug-likeness (QED) is 0.884. The van der Waals surface area contributed by atoms with Gasteiger partial charge < -0.3 is 5.11 Å². The minimum absolute atomic E-state index is 0.0591. The van der Waals surface area contributed by atoms with E-state index in [1.54, 1.807) is 12.1 Å². The van der Waals surface area contributed by atoms with Crippen LogP contribution in [-0.4, -0.2) is 5.11 Å². The molecule has 0 radical (unpaired) electrons. The van der Waals surface area contributed by atoms with Crippen LogP contribution in [0.5, 0.6) is 0 Å². The average Bonchev–Trinajstić information content (AvgIpc) is 2.35. The highest BCUT2D eigenvalue weighted by Gasteiger charge is 2.19. The van der Waals surface area contributed by atoms with Crippen molar-refractivity contribution in [2.75, 3.05) is 0 Å². The zero-order valence-electron chi connectivity index (χ0n) is 9.62. The SMILES string of the molecule is Cc1ccc(Br)cc1C(O)c1cccc(F)c1F. The molecule has 1 unspecified atom stereocenters. The number of rotatable bonds is 2. The second-order valence-corrected chi connectivity index (χ2v) is 4.96. The van der Waals surface area contributed by atoms with Gasteiger partial charge in [0.25, 0.3) is 0 Å². The van der Waals surface area contributed by atoms with Gasteiger partial charge in [0.05, 0.1) is 0 Å². The van der Waals surface area contributed by atoms with Crippen LogP contribution in [0.15, 0.2) is 40.9 Å². The summed E-state index contributed by atoms with van der Waals surface area (Å²) in [5, 5.41) is 10.2. The molecule has 0 saturated carbocycles. The lowest BCUT2D eigenvalue weighted by Gasteiger charge is -2.15. The molecule has 2 aromatic carbocycles. The number of benzene rings is 2. The Morgan fingerprint density at radius 2 is 1.83 bits per heavy atom. The molecule has 0 aliphatic rings. The third-order valence-corrected chi connectivity index (χ3v) is 3.31. The summed E-state index contributed by atoms with van der Waals surface area (Å²) in [5.41, 5.74) is 1.31. The minimum Gasteiger partial charge on any atom is -0.384 e. The third kappa shape index (κ3) is 2.44. The van der Waals surface area contributed by atoms with E-state index in [1.165, 1.54) is 12.1 Å². The van der Waals surface area contributed by atoms with Crippen LogP contribution in [0.1, 0.15) is 22.8 Å². The molecule has 1 N–H and O–H groups in total. The number of halogens is 3. The van der Waals surface area contributed by atoms with E-state index in [-0.39, 0.29) is 5.56 Å². The molecule has 0 aliphatic heterocycles. The van der Waals surface area contributed by atoms with Gasteiger partial charge in [-0.2, -0.15) is 0 Å². The Balaban J connectivity index is 2.51. The molecule has 18 heavy (non-hydrogen) atoms. The second kappa shape index (κ2) is 5.16. The molecule has 0 heterocycles. The van der Waals surface area contributed by atoms with E-state index < -0.39 is 17.7 Å². The maximum absolute atomic E-state index is 13.6. The Kier molecular flexibility index (Phi) is 3.78. The first-order valence-electron chi connectivity index (χ1n) is 5.38. The van der Waals surface area contributed by atoms with Gasteiger partial charge in [-0.05, 0) is 36.2 Å². The molecule has 0 fully saturated rings. The van der Waals surface area contributed by atoms with Crippen molar-refractivity contribution in [1.29, 1.82) is 0 Å². The van der Waals surface area contributed by atoms with E-state index in [2.05, 4.69) is 15.9 Å². The lowest BCUT2D eigenvalue weighted by Crippen LogP contribution is -2.06. The largest absolute Gasteiger partial charge is 0.384 e. The van der Waals surface area contributed by atoms with Crippen molar-refractivity contribution in [2.45, 2.75) is 13.0 Å². The van der Waals surface area contributed by atoms with Crippen molar-refractivity contribution in [2.24, 2.45) is 0 Å². The summed E-state index contributed by atoms with van der Waals surface area (Å²) >= 11 is 3.29. The fourth-order valence-electron chi connectivity index (χ4n) is 1.81. The van der Waals surface area contributed by atoms with Crippen molar-refractivity contribution in [1.82, 2.24) is 0 Å². The molecule has 0 aromatic heterocycles. The minimum atomic E-state index is -1.18. The summed E-state index contributed by atoms with van der Waals surface area (Å²) in [5.74, 6) is -1.97. The standard InChI is InChI=1S/C14H11BrF2O/c1-8-5-6-9(15)7-11(8)14(18)10-3-2-4-12(16)13(10)17/h2-7,14,18H,1H3. The fraction of sp³-hybridized carbons (Fsp3) is 0.143. The summed E-state index contributed by atoms with van der Waals surface area (Å²) < 4.78 is 27.5. The van der Waals surface area contributed by atoms with Gasteiger partial charge in [0, 0.05) is 10.0 Å². The van der Waals surface area contributed by atoms with Gasteiger partial charge in [0.15, 0.2) is 11.6 Å². The van der Waals surface area contributed by atoms with Crippen LogP contribution in [0, 0.1) is 18.6 Å². The first kappa shape index (κ1) is 13.2. The van der Waals surface area contributed by atoms with Crippen LogP contribution in [0.25, 0.3) is 0 Å². The van der Waals surface area contributed by atoms with Crippen molar-refractivity contribution in [3.63, 3.8) is 0 Å². The molecule has 4 heteroatoms. The zero-order chi connectivity index (χ0) is 13.3. The van der Waals surface area contributed by atoms with Gasteiger partial charge in [-0.1, -0.05) is 34.1 Å². The zero-order valence-corrected chi connectivity index (χ0v) is 11.2. The number of aliphatic hydroxyl groups excluding tert-OH is 1. The monoisotopic (exact) mass is 312 g/mol. The first-order valence-corrected chi connectivity index (χ1v) is 6.18. The van der Waals surface area contributed by atoms with Gasteiger partial charge in [0.2, 0.25) is 0 Å². The van der Waals surface area contributed by atoms with E-state index in [0.717, 1.165) is 16.1 Å². The van der Waals surface area contributed by atoms with Crippen LogP contribution in [0.2, 0.25) is 0 Å². The Hall–Kier alpha value is -1.26. The van der Waals surface area contributed by atoms with E-state index in [4.69, 9.17) is 0 Å². The van der Waals surface area contributed by atoms with E-state index >= 15 is 0 Å². The normalized spacial score (nSPS) is 12.5. The highest BCUT2D eigenvalue weighted by Crippen LogP contribution is 2.29. The Morgan fingerprint density at radius 3 is 2.56 bits per heavy atom. The average molecular weight is 313 g/mol. The predicted octanol–water partition coefficient (Wildman–Crippen LogP) is 4.12. The van der Waals surface area contributed by atoms with Crippen molar-refractivity contribution >= 4 is 15.9 Å². The lowest BCUT2D eigenvalue weighted by atomic mass is 9.97. The van der Waals surface area contributed by atoms with Crippen molar-refractivity contribution < 1.29 is 13.9 Å². The summed E-state index contributed by atoms with van der Waals surface area (Å²) in [4.78, 5) is 0. The lowest BCUT2D eigenvalue weighted by molar-refractivity contribution is 0.212. The molecular formula is C14H11BrF2O. The Bertz CT molecular complexity index is 582. The van der Waals surface area contributed by atoms with Crippen molar-refractivity contribution in [3.05, 3.63) is 69.2 Å². The molecule has 1 atom stereocenters. The van der Waals surface area contributed by atoms with Crippen LogP contribution in [0.3, 0.4) is 0 Å². The highest BCUT2D eigenvalue weighted by molar-refractivity contribution is 9.10. The smallest absolute Gasteiger partial charge is 0.164 e. The molecule has 0 aliphatic carbocycles. The summed E-state index contributed by atoms with van der Waals surface area (Å²) in [7, 11) is 0. The number of aryl methyl sites for hydroxylation is 1. The summed E-state index contributed by atoms with van der Waals surface area (Å²) in [6, 6.07) is 9.12. The molecule has 1 nitrogen and oxygen atoms in total. The molecule has 2 rings (SSSR count). The molecule has 2 aromatic rings. The number of hydrogen-bond donors (Lipinski definition) is 1. The Labute approximate surface area is 112 Å². The Morgan fingerprint density at radius 1 is 1.11 bits per heavy atom. The topological polar surface area (TPSA) is 20.2 Å². The van der Waals surface area contributed by atoms with Crippen molar-refractivity contribution in [3.8, 4) is 0 Å². The van der Waals surface area contributed by atoms with Crippen LogP contribution in [-0.2, 0) is 0 Å². The van der Waals surface area contributed by atoms with Gasteiger partial charge in [-0.15, -0.1) is 0 Å². The van der Waals surface area contributed by atoms with E-state index in [0.29, 0.717) is 5.56 Å². The molecule has 0 saturated heterocycles.